The van der Waals surface area contributed by atoms with Gasteiger partial charge in [-0.2, -0.15) is 5.26 Å². The number of nitriles is 1. The van der Waals surface area contributed by atoms with Gasteiger partial charge in [-0.05, 0) is 19.1 Å². The highest BCUT2D eigenvalue weighted by Gasteiger charge is 2.28. The van der Waals surface area contributed by atoms with Crippen LogP contribution in [0.25, 0.3) is 11.0 Å². The fraction of sp³-hybridized carbons (Fsp3) is 0.375. The van der Waals surface area contributed by atoms with Gasteiger partial charge in [0.1, 0.15) is 17.3 Å². The molecule has 0 aromatic carbocycles. The Morgan fingerprint density at radius 2 is 2.17 bits per heavy atom. The molecule has 0 aliphatic carbocycles. The van der Waals surface area contributed by atoms with E-state index in [-0.39, 0.29) is 17.3 Å². The average Bonchev–Trinajstić information content (AvgIpc) is 2.57. The summed E-state index contributed by atoms with van der Waals surface area (Å²) in [7, 11) is 1.66. The molecule has 8 heteroatoms. The molecule has 3 heterocycles. The fourth-order valence-corrected chi connectivity index (χ4v) is 3.08. The van der Waals surface area contributed by atoms with Crippen LogP contribution in [0.5, 0.6) is 0 Å². The maximum Gasteiger partial charge on any atom is 0.407 e. The highest BCUT2D eigenvalue weighted by atomic mass is 16.4. The van der Waals surface area contributed by atoms with Crippen LogP contribution in [-0.4, -0.2) is 51.3 Å². The number of fused-ring (bicyclic) bond motifs is 1. The van der Waals surface area contributed by atoms with Gasteiger partial charge in [0.2, 0.25) is 0 Å². The molecule has 2 aromatic heterocycles. The summed E-state index contributed by atoms with van der Waals surface area (Å²) in [5.41, 5.74) is 1.97. The van der Waals surface area contributed by atoms with Crippen LogP contribution in [0.2, 0.25) is 0 Å². The van der Waals surface area contributed by atoms with Crippen LogP contribution in [0.3, 0.4) is 0 Å². The van der Waals surface area contributed by atoms with Gasteiger partial charge in [0.25, 0.3) is 5.56 Å². The average molecular weight is 327 g/mol. The summed E-state index contributed by atoms with van der Waals surface area (Å²) in [5.74, 6) is 0. The Bertz CT molecular complexity index is 914. The number of carbonyl (C=O) groups is 1. The van der Waals surface area contributed by atoms with Crippen LogP contribution in [0.4, 0.5) is 10.5 Å². The molecule has 3 rings (SSSR count). The number of rotatable bonds is 1. The van der Waals surface area contributed by atoms with Crippen molar-refractivity contribution in [2.24, 2.45) is 7.05 Å². The standard InChI is InChI=1S/C16H17N5O3/c1-10-9-20(16(23)24)5-6-21(10)13-7-14(22)19(2)12-4-3-11(8-17)18-15(12)13/h3-4,7,10H,5-6,9H2,1-2H3,(H,23,24)/t10-/m1/s1. The van der Waals surface area contributed by atoms with Gasteiger partial charge in [0.15, 0.2) is 0 Å². The first-order valence-electron chi connectivity index (χ1n) is 7.57. The van der Waals surface area contributed by atoms with E-state index in [1.807, 2.05) is 17.9 Å². The van der Waals surface area contributed by atoms with E-state index in [4.69, 9.17) is 10.4 Å². The van der Waals surface area contributed by atoms with E-state index >= 15 is 0 Å². The Hall–Kier alpha value is -3.08. The van der Waals surface area contributed by atoms with Crippen LogP contribution >= 0.6 is 0 Å². The first kappa shape index (κ1) is 15.8. The zero-order chi connectivity index (χ0) is 17.4. The number of hydrogen-bond donors (Lipinski definition) is 1. The maximum atomic E-state index is 12.3. The molecule has 1 atom stereocenters. The molecule has 8 nitrogen and oxygen atoms in total. The number of anilines is 1. The molecule has 0 saturated carbocycles. The van der Waals surface area contributed by atoms with Gasteiger partial charge in [-0.25, -0.2) is 9.78 Å². The third-order valence-electron chi connectivity index (χ3n) is 4.39. The smallest absolute Gasteiger partial charge is 0.407 e. The maximum absolute atomic E-state index is 12.3. The Kier molecular flexibility index (Phi) is 3.85. The van der Waals surface area contributed by atoms with E-state index in [9.17, 15) is 9.59 Å². The Morgan fingerprint density at radius 1 is 1.42 bits per heavy atom. The minimum absolute atomic E-state index is 0.0994. The first-order chi connectivity index (χ1) is 11.4. The molecule has 1 saturated heterocycles. The van der Waals surface area contributed by atoms with Gasteiger partial charge in [-0.3, -0.25) is 4.79 Å². The van der Waals surface area contributed by atoms with Gasteiger partial charge in [0, 0.05) is 38.8 Å². The van der Waals surface area contributed by atoms with Crippen molar-refractivity contribution in [3.63, 3.8) is 0 Å². The number of pyridine rings is 2. The predicted molar refractivity (Wildman–Crippen MR) is 88.1 cm³/mol. The molecular weight excluding hydrogens is 310 g/mol. The van der Waals surface area contributed by atoms with E-state index in [2.05, 4.69) is 4.98 Å². The summed E-state index contributed by atoms with van der Waals surface area (Å²) in [5, 5.41) is 18.2. The van der Waals surface area contributed by atoms with Crippen molar-refractivity contribution >= 4 is 22.8 Å². The molecule has 2 aromatic rings. The monoisotopic (exact) mass is 327 g/mol. The molecule has 0 bridgehead atoms. The molecular formula is C16H17N5O3. The number of piperazine rings is 1. The normalized spacial score (nSPS) is 17.8. The summed E-state index contributed by atoms with van der Waals surface area (Å²) in [4.78, 5) is 31.1. The lowest BCUT2D eigenvalue weighted by molar-refractivity contribution is 0.136. The second-order valence-electron chi connectivity index (χ2n) is 5.87. The molecule has 0 spiro atoms. The van der Waals surface area contributed by atoms with Crippen LogP contribution in [-0.2, 0) is 7.05 Å². The molecule has 1 fully saturated rings. The van der Waals surface area contributed by atoms with E-state index < -0.39 is 6.09 Å². The Balaban J connectivity index is 2.12. The molecule has 1 aliphatic heterocycles. The van der Waals surface area contributed by atoms with Crippen molar-refractivity contribution in [1.29, 1.82) is 5.26 Å². The molecule has 124 valence electrons. The first-order valence-corrected chi connectivity index (χ1v) is 7.57. The number of aromatic nitrogens is 2. The fourth-order valence-electron chi connectivity index (χ4n) is 3.08. The van der Waals surface area contributed by atoms with Crippen LogP contribution < -0.4 is 10.5 Å². The summed E-state index contributed by atoms with van der Waals surface area (Å²) >= 11 is 0. The topological polar surface area (TPSA) is 102 Å². The summed E-state index contributed by atoms with van der Waals surface area (Å²) in [6.07, 6.45) is -0.944. The van der Waals surface area contributed by atoms with Crippen molar-refractivity contribution in [3.8, 4) is 6.07 Å². The number of nitrogens with zero attached hydrogens (tertiary/aromatic N) is 5. The van der Waals surface area contributed by atoms with Gasteiger partial charge < -0.3 is 19.5 Å². The van der Waals surface area contributed by atoms with Gasteiger partial charge in [-0.1, -0.05) is 0 Å². The number of carboxylic acid groups (broad SMARTS) is 1. The van der Waals surface area contributed by atoms with Crippen molar-refractivity contribution < 1.29 is 9.90 Å². The van der Waals surface area contributed by atoms with Crippen LogP contribution in [0.1, 0.15) is 12.6 Å². The lowest BCUT2D eigenvalue weighted by atomic mass is 10.1. The van der Waals surface area contributed by atoms with Gasteiger partial charge in [-0.15, -0.1) is 0 Å². The molecule has 0 unspecified atom stereocenters. The second-order valence-corrected chi connectivity index (χ2v) is 5.87. The molecule has 1 amide bonds. The zero-order valence-electron chi connectivity index (χ0n) is 13.4. The minimum Gasteiger partial charge on any atom is -0.465 e. The third kappa shape index (κ3) is 2.54. The zero-order valence-corrected chi connectivity index (χ0v) is 13.4. The third-order valence-corrected chi connectivity index (χ3v) is 4.39. The molecule has 1 N–H and O–H groups in total. The van der Waals surface area contributed by atoms with Crippen molar-refractivity contribution in [2.75, 3.05) is 24.5 Å². The molecule has 0 radical (unpaired) electrons. The highest BCUT2D eigenvalue weighted by Crippen LogP contribution is 2.27. The number of amides is 1. The number of hydrogen-bond acceptors (Lipinski definition) is 5. The summed E-state index contributed by atoms with van der Waals surface area (Å²) < 4.78 is 1.49. The molecule has 1 aliphatic rings. The minimum atomic E-state index is -0.944. The van der Waals surface area contributed by atoms with E-state index in [1.54, 1.807) is 19.2 Å². The van der Waals surface area contributed by atoms with Crippen LogP contribution in [0, 0.1) is 11.3 Å². The van der Waals surface area contributed by atoms with Gasteiger partial charge >= 0.3 is 6.09 Å². The summed E-state index contributed by atoms with van der Waals surface area (Å²) in [6, 6.07) is 6.71. The van der Waals surface area contributed by atoms with Crippen molar-refractivity contribution in [1.82, 2.24) is 14.5 Å². The highest BCUT2D eigenvalue weighted by molar-refractivity contribution is 5.89. The van der Waals surface area contributed by atoms with Crippen molar-refractivity contribution in [2.45, 2.75) is 13.0 Å². The quantitative estimate of drug-likeness (QED) is 0.838. The second kappa shape index (κ2) is 5.85. The lowest BCUT2D eigenvalue weighted by Gasteiger charge is -2.40. The lowest BCUT2D eigenvalue weighted by Crippen LogP contribution is -2.53. The van der Waals surface area contributed by atoms with Crippen LogP contribution in [0.15, 0.2) is 23.0 Å². The summed E-state index contributed by atoms with van der Waals surface area (Å²) in [6.45, 7) is 3.08. The largest absolute Gasteiger partial charge is 0.465 e. The predicted octanol–water partition coefficient (Wildman–Crippen LogP) is 0.994. The SMILES string of the molecule is C[C@@H]1CN(C(=O)O)CCN1c1cc(=O)n(C)c2ccc(C#N)nc12. The van der Waals surface area contributed by atoms with Crippen molar-refractivity contribution in [3.05, 3.63) is 34.2 Å². The van der Waals surface area contributed by atoms with E-state index in [1.165, 1.54) is 15.5 Å². The number of aryl methyl sites for hydroxylation is 1. The Morgan fingerprint density at radius 3 is 2.79 bits per heavy atom. The van der Waals surface area contributed by atoms with Gasteiger partial charge in [0.05, 0.1) is 11.2 Å². The Labute approximate surface area is 138 Å². The van der Waals surface area contributed by atoms with E-state index in [0.29, 0.717) is 36.4 Å². The van der Waals surface area contributed by atoms with E-state index in [0.717, 1.165) is 0 Å². The molecule has 24 heavy (non-hydrogen) atoms.